The molecule has 6 nitrogen and oxygen atoms in total. The number of rotatable bonds is 8. The number of halogens is 1. The molecule has 1 atom stereocenters. The minimum absolute atomic E-state index is 0.155. The quantitative estimate of drug-likeness (QED) is 0.364. The topological polar surface area (TPSA) is 69.0 Å². The summed E-state index contributed by atoms with van der Waals surface area (Å²) in [4.78, 5) is 22.4. The van der Waals surface area contributed by atoms with Gasteiger partial charge < -0.3 is 14.6 Å². The van der Waals surface area contributed by atoms with E-state index in [0.29, 0.717) is 34.6 Å². The van der Waals surface area contributed by atoms with E-state index in [-0.39, 0.29) is 11.7 Å². The second-order valence-electron chi connectivity index (χ2n) is 7.16. The van der Waals surface area contributed by atoms with Crippen molar-refractivity contribution in [3.8, 4) is 17.3 Å². The maximum atomic E-state index is 13.1. The molecule has 0 aromatic heterocycles. The molecule has 0 spiro atoms. The molecule has 2 aliphatic heterocycles. The number of thioether (sulfide) groups is 1. The second kappa shape index (κ2) is 9.82. The maximum Gasteiger partial charge on any atom is 0.247 e. The number of anilines is 1. The average Bonchev–Trinajstić information content (AvgIpc) is 3.23. The standard InChI is InChI=1S/C24H23FN4O2S/c1-3-20(23(30)26-18-7-4-5-9-21(18)31-2)29-14-6-8-19-22(29)28-24(27-19)32-15-16-10-12-17(25)13-11-16/h4-14,20H,3,15H2,1-2H3,(H,26,30). The lowest BCUT2D eigenvalue weighted by Gasteiger charge is -2.21. The minimum Gasteiger partial charge on any atom is -0.495 e. The number of benzene rings is 2. The van der Waals surface area contributed by atoms with Crippen molar-refractivity contribution in [1.82, 2.24) is 14.5 Å². The summed E-state index contributed by atoms with van der Waals surface area (Å²) in [5, 5.41) is 3.58. The van der Waals surface area contributed by atoms with Gasteiger partial charge in [-0.25, -0.2) is 14.4 Å². The Morgan fingerprint density at radius 1 is 1.12 bits per heavy atom. The molecule has 2 heterocycles. The van der Waals surface area contributed by atoms with Crippen LogP contribution in [0.15, 0.2) is 72.0 Å². The van der Waals surface area contributed by atoms with Gasteiger partial charge in [-0.1, -0.05) is 43.0 Å². The van der Waals surface area contributed by atoms with Crippen LogP contribution in [0.3, 0.4) is 0 Å². The molecule has 8 heteroatoms. The molecule has 1 unspecified atom stereocenters. The lowest BCUT2D eigenvalue weighted by Crippen LogP contribution is -2.26. The smallest absolute Gasteiger partial charge is 0.247 e. The Balaban J connectivity index is 1.55. The third-order valence-electron chi connectivity index (χ3n) is 5.06. The number of carbonyl (C=O) groups excluding carboxylic acids is 1. The van der Waals surface area contributed by atoms with Gasteiger partial charge in [0, 0.05) is 11.9 Å². The van der Waals surface area contributed by atoms with E-state index in [9.17, 15) is 9.18 Å². The monoisotopic (exact) mass is 450 g/mol. The maximum absolute atomic E-state index is 13.1. The molecule has 0 saturated carbocycles. The number of ether oxygens (including phenoxy) is 1. The molecule has 0 radical (unpaired) electrons. The third kappa shape index (κ3) is 4.75. The number of para-hydroxylation sites is 2. The van der Waals surface area contributed by atoms with Gasteiger partial charge in [-0.05, 0) is 48.4 Å². The zero-order chi connectivity index (χ0) is 22.5. The fourth-order valence-corrected chi connectivity index (χ4v) is 4.24. The van der Waals surface area contributed by atoms with Crippen molar-refractivity contribution in [3.05, 3.63) is 78.2 Å². The van der Waals surface area contributed by atoms with Crippen LogP contribution in [0.2, 0.25) is 0 Å². The fraction of sp³-hybridized carbons (Fsp3) is 0.208. The number of carbonyl (C=O) groups is 1. The predicted octanol–water partition coefficient (Wildman–Crippen LogP) is 5.41. The summed E-state index contributed by atoms with van der Waals surface area (Å²) in [6, 6.07) is 17.0. The van der Waals surface area contributed by atoms with Crippen LogP contribution in [-0.2, 0) is 10.5 Å². The van der Waals surface area contributed by atoms with Crippen molar-refractivity contribution in [2.75, 3.05) is 12.4 Å². The number of aromatic nitrogens is 3. The van der Waals surface area contributed by atoms with Gasteiger partial charge in [-0.2, -0.15) is 0 Å². The first-order valence-electron chi connectivity index (χ1n) is 10.2. The number of amides is 1. The lowest BCUT2D eigenvalue weighted by atomic mass is 10.1. The Labute approximate surface area is 190 Å². The number of methoxy groups -OCH3 is 1. The summed E-state index contributed by atoms with van der Waals surface area (Å²) in [6.07, 6.45) is 2.43. The fourth-order valence-electron chi connectivity index (χ4n) is 3.44. The van der Waals surface area contributed by atoms with Gasteiger partial charge in [0.2, 0.25) is 5.91 Å². The van der Waals surface area contributed by atoms with E-state index in [4.69, 9.17) is 4.74 Å². The van der Waals surface area contributed by atoms with Gasteiger partial charge in [-0.15, -0.1) is 0 Å². The molecule has 164 valence electrons. The van der Waals surface area contributed by atoms with E-state index in [1.54, 1.807) is 31.4 Å². The van der Waals surface area contributed by atoms with Crippen molar-refractivity contribution >= 4 is 23.4 Å². The van der Waals surface area contributed by atoms with E-state index >= 15 is 0 Å². The van der Waals surface area contributed by atoms with E-state index in [1.807, 2.05) is 42.0 Å². The minimum atomic E-state index is -0.463. The Morgan fingerprint density at radius 2 is 1.91 bits per heavy atom. The van der Waals surface area contributed by atoms with Crippen LogP contribution in [0.4, 0.5) is 10.1 Å². The highest BCUT2D eigenvalue weighted by atomic mass is 32.2. The first kappa shape index (κ1) is 21.8. The van der Waals surface area contributed by atoms with Gasteiger partial charge in [0.1, 0.15) is 23.3 Å². The Morgan fingerprint density at radius 3 is 2.66 bits per heavy atom. The molecule has 2 aromatic carbocycles. The van der Waals surface area contributed by atoms with Crippen molar-refractivity contribution in [3.63, 3.8) is 0 Å². The van der Waals surface area contributed by atoms with Crippen molar-refractivity contribution in [2.45, 2.75) is 30.3 Å². The zero-order valence-electron chi connectivity index (χ0n) is 17.8. The summed E-state index contributed by atoms with van der Waals surface area (Å²) >= 11 is 1.47. The summed E-state index contributed by atoms with van der Waals surface area (Å²) in [7, 11) is 1.57. The largest absolute Gasteiger partial charge is 0.495 e. The van der Waals surface area contributed by atoms with Crippen LogP contribution in [0, 0.1) is 5.82 Å². The molecule has 4 rings (SSSR count). The van der Waals surface area contributed by atoms with Crippen molar-refractivity contribution in [1.29, 1.82) is 0 Å². The molecule has 0 fully saturated rings. The molecular weight excluding hydrogens is 427 g/mol. The molecule has 0 bridgehead atoms. The number of pyridine rings is 1. The van der Waals surface area contributed by atoms with Crippen molar-refractivity contribution < 1.29 is 13.9 Å². The van der Waals surface area contributed by atoms with Crippen molar-refractivity contribution in [2.24, 2.45) is 0 Å². The van der Waals surface area contributed by atoms with E-state index in [1.165, 1.54) is 23.9 Å². The van der Waals surface area contributed by atoms with Gasteiger partial charge >= 0.3 is 0 Å². The third-order valence-corrected chi connectivity index (χ3v) is 5.98. The highest BCUT2D eigenvalue weighted by molar-refractivity contribution is 7.98. The number of hydrogen-bond acceptors (Lipinski definition) is 5. The first-order chi connectivity index (χ1) is 15.6. The van der Waals surface area contributed by atoms with Gasteiger partial charge in [0.25, 0.3) is 0 Å². The molecule has 32 heavy (non-hydrogen) atoms. The predicted molar refractivity (Wildman–Crippen MR) is 124 cm³/mol. The molecule has 2 aromatic rings. The first-order valence-corrected chi connectivity index (χ1v) is 11.2. The van der Waals surface area contributed by atoms with Crippen LogP contribution >= 0.6 is 11.8 Å². The van der Waals surface area contributed by atoms with Crippen LogP contribution in [-0.4, -0.2) is 27.6 Å². The molecule has 0 saturated heterocycles. The molecule has 1 N–H and O–H groups in total. The zero-order valence-corrected chi connectivity index (χ0v) is 18.6. The average molecular weight is 451 g/mol. The molecule has 1 amide bonds. The van der Waals surface area contributed by atoms with Crippen LogP contribution in [0.5, 0.6) is 5.75 Å². The Hall–Kier alpha value is -3.39. The Kier molecular flexibility index (Phi) is 6.70. The van der Waals surface area contributed by atoms with E-state index in [2.05, 4.69) is 15.3 Å². The second-order valence-corrected chi connectivity index (χ2v) is 8.10. The van der Waals surface area contributed by atoms with Crippen LogP contribution in [0.1, 0.15) is 24.9 Å². The van der Waals surface area contributed by atoms with Crippen LogP contribution < -0.4 is 10.1 Å². The van der Waals surface area contributed by atoms with Gasteiger partial charge in [0.05, 0.1) is 12.8 Å². The number of nitrogens with zero attached hydrogens (tertiary/aromatic N) is 3. The van der Waals surface area contributed by atoms with E-state index < -0.39 is 6.04 Å². The SMILES string of the molecule is CCC(C(=O)Nc1ccccc1OC)n1cccc2nc(SCc3ccc(F)cc3)nc1-2. The lowest BCUT2D eigenvalue weighted by molar-refractivity contribution is -0.119. The highest BCUT2D eigenvalue weighted by Gasteiger charge is 2.24. The summed E-state index contributed by atoms with van der Waals surface area (Å²) in [5.74, 6) is 1.47. The van der Waals surface area contributed by atoms with Gasteiger partial charge in [0.15, 0.2) is 11.0 Å². The van der Waals surface area contributed by atoms with E-state index in [0.717, 1.165) is 11.3 Å². The molecular formula is C24H23FN4O2S. The summed E-state index contributed by atoms with van der Waals surface area (Å²) in [6.45, 7) is 1.96. The number of fused-ring (bicyclic) bond motifs is 1. The number of nitrogens with one attached hydrogen (secondary N) is 1. The highest BCUT2D eigenvalue weighted by Crippen LogP contribution is 2.30. The van der Waals surface area contributed by atoms with Gasteiger partial charge in [-0.3, -0.25) is 4.79 Å². The summed E-state index contributed by atoms with van der Waals surface area (Å²) in [5.41, 5.74) is 2.33. The number of imidazole rings is 1. The molecule has 0 aliphatic carbocycles. The molecule has 2 aliphatic rings. The normalized spacial score (nSPS) is 12.0. The summed E-state index contributed by atoms with van der Waals surface area (Å²) < 4.78 is 20.3. The Bertz CT molecular complexity index is 1180. The number of hydrogen-bond donors (Lipinski definition) is 1. The van der Waals surface area contributed by atoms with Crippen LogP contribution in [0.25, 0.3) is 11.5 Å².